The second-order valence-electron chi connectivity index (χ2n) is 4.41. The lowest BCUT2D eigenvalue weighted by Gasteiger charge is -2.12. The molecule has 0 aliphatic heterocycles. The Labute approximate surface area is 77.7 Å². The average molecular weight is 168 g/mol. The molecule has 0 radical (unpaired) electrons. The number of hydrogen-bond donors (Lipinski definition) is 0. The van der Waals surface area contributed by atoms with E-state index in [0.29, 0.717) is 0 Å². The van der Waals surface area contributed by atoms with E-state index in [1.54, 1.807) is 6.42 Å². The van der Waals surface area contributed by atoms with Crippen LogP contribution in [-0.4, -0.2) is 0 Å². The quantitative estimate of drug-likeness (QED) is 0.556. The fourth-order valence-electron chi connectivity index (χ4n) is 2.64. The zero-order valence-electron chi connectivity index (χ0n) is 8.97. The Morgan fingerprint density at radius 1 is 1.17 bits per heavy atom. The predicted octanol–water partition coefficient (Wildman–Crippen LogP) is 4.25. The highest BCUT2D eigenvalue weighted by atomic mass is 14.4. The molecular weight excluding hydrogens is 144 g/mol. The normalized spacial score (nSPS) is 30.2. The van der Waals surface area contributed by atoms with Crippen molar-refractivity contribution in [1.82, 2.24) is 0 Å². The summed E-state index contributed by atoms with van der Waals surface area (Å²) < 4.78 is 0. The van der Waals surface area contributed by atoms with Gasteiger partial charge in [0.25, 0.3) is 0 Å². The number of hydrogen-bond acceptors (Lipinski definition) is 0. The molecule has 1 fully saturated rings. The summed E-state index contributed by atoms with van der Waals surface area (Å²) in [6.45, 7) is 7.00. The molecular formula is C12H24. The highest BCUT2D eigenvalue weighted by Crippen LogP contribution is 2.49. The molecule has 72 valence electrons. The smallest absolute Gasteiger partial charge is 0.0355 e. The molecule has 3 unspecified atom stereocenters. The monoisotopic (exact) mass is 168 g/mol. The van der Waals surface area contributed by atoms with Crippen molar-refractivity contribution in [2.45, 2.75) is 59.3 Å². The minimum Gasteiger partial charge on any atom is -0.0654 e. The van der Waals surface area contributed by atoms with E-state index in [4.69, 9.17) is 0 Å². The maximum absolute atomic E-state index is 2.36. The Hall–Kier alpha value is 0. The Morgan fingerprint density at radius 2 is 1.92 bits per heavy atom. The predicted molar refractivity (Wildman–Crippen MR) is 55.2 cm³/mol. The minimum absolute atomic E-state index is 1.06. The van der Waals surface area contributed by atoms with Gasteiger partial charge in [0, 0.05) is 0 Å². The van der Waals surface area contributed by atoms with Crippen molar-refractivity contribution >= 4 is 0 Å². The van der Waals surface area contributed by atoms with Crippen molar-refractivity contribution in [1.29, 1.82) is 0 Å². The molecule has 0 amide bonds. The summed E-state index contributed by atoms with van der Waals surface area (Å²) >= 11 is 0. The summed E-state index contributed by atoms with van der Waals surface area (Å²) in [5.74, 6) is 3.30. The molecule has 0 aromatic heterocycles. The minimum atomic E-state index is 1.06. The fourth-order valence-corrected chi connectivity index (χ4v) is 2.64. The maximum atomic E-state index is 2.36. The Morgan fingerprint density at radius 3 is 2.42 bits per heavy atom. The highest BCUT2D eigenvalue weighted by molar-refractivity contribution is 4.90. The standard InChI is InChI=1S/C12H24/c1-4-7-10(6-3)12-9-11(12)8-5-2/h10-12H,4-9H2,1-3H3. The topological polar surface area (TPSA) is 0 Å². The van der Waals surface area contributed by atoms with Gasteiger partial charge in [-0.25, -0.2) is 0 Å². The number of rotatable bonds is 6. The molecule has 0 heteroatoms. The lowest BCUT2D eigenvalue weighted by molar-refractivity contribution is 0.383. The van der Waals surface area contributed by atoms with Gasteiger partial charge in [0.1, 0.15) is 0 Å². The molecule has 0 N–H and O–H groups in total. The molecule has 0 spiro atoms. The largest absolute Gasteiger partial charge is 0.0654 e. The summed E-state index contributed by atoms with van der Waals surface area (Å²) in [5.41, 5.74) is 0. The SMILES string of the molecule is CCCC(CC)C1CC1CCC. The van der Waals surface area contributed by atoms with Gasteiger partial charge in [0.2, 0.25) is 0 Å². The summed E-state index contributed by atoms with van der Waals surface area (Å²) in [5, 5.41) is 0. The van der Waals surface area contributed by atoms with Gasteiger partial charge in [-0.05, 0) is 24.2 Å². The van der Waals surface area contributed by atoms with E-state index in [1.807, 2.05) is 0 Å². The van der Waals surface area contributed by atoms with Gasteiger partial charge < -0.3 is 0 Å². The second kappa shape index (κ2) is 4.89. The molecule has 3 atom stereocenters. The van der Waals surface area contributed by atoms with Crippen molar-refractivity contribution in [2.24, 2.45) is 17.8 Å². The van der Waals surface area contributed by atoms with Gasteiger partial charge in [-0.15, -0.1) is 0 Å². The molecule has 1 aliphatic rings. The fraction of sp³-hybridized carbons (Fsp3) is 1.00. The van der Waals surface area contributed by atoms with E-state index in [0.717, 1.165) is 17.8 Å². The van der Waals surface area contributed by atoms with Crippen LogP contribution in [0, 0.1) is 17.8 Å². The van der Waals surface area contributed by atoms with Crippen LogP contribution in [-0.2, 0) is 0 Å². The van der Waals surface area contributed by atoms with E-state index >= 15 is 0 Å². The van der Waals surface area contributed by atoms with Crippen LogP contribution in [0.5, 0.6) is 0 Å². The molecule has 1 aliphatic carbocycles. The summed E-state index contributed by atoms with van der Waals surface area (Å²) in [6, 6.07) is 0. The van der Waals surface area contributed by atoms with Crippen molar-refractivity contribution in [2.75, 3.05) is 0 Å². The van der Waals surface area contributed by atoms with E-state index in [-0.39, 0.29) is 0 Å². The van der Waals surface area contributed by atoms with E-state index in [9.17, 15) is 0 Å². The molecule has 0 heterocycles. The van der Waals surface area contributed by atoms with Crippen LogP contribution >= 0.6 is 0 Å². The van der Waals surface area contributed by atoms with Crippen molar-refractivity contribution in [3.05, 3.63) is 0 Å². The van der Waals surface area contributed by atoms with Gasteiger partial charge in [-0.3, -0.25) is 0 Å². The Kier molecular flexibility index (Phi) is 4.11. The van der Waals surface area contributed by atoms with Crippen LogP contribution in [0.1, 0.15) is 59.3 Å². The first-order valence-corrected chi connectivity index (χ1v) is 5.83. The molecule has 1 saturated carbocycles. The zero-order valence-corrected chi connectivity index (χ0v) is 8.97. The zero-order chi connectivity index (χ0) is 8.97. The van der Waals surface area contributed by atoms with E-state index < -0.39 is 0 Å². The van der Waals surface area contributed by atoms with Gasteiger partial charge in [0.05, 0.1) is 0 Å². The van der Waals surface area contributed by atoms with Gasteiger partial charge in [0.15, 0.2) is 0 Å². The Bertz CT molecular complexity index is 117. The van der Waals surface area contributed by atoms with E-state index in [2.05, 4.69) is 20.8 Å². The van der Waals surface area contributed by atoms with Crippen LogP contribution in [0.15, 0.2) is 0 Å². The maximum Gasteiger partial charge on any atom is -0.0355 e. The summed E-state index contributed by atoms with van der Waals surface area (Å²) in [4.78, 5) is 0. The average Bonchev–Trinajstić information content (AvgIpc) is 2.81. The molecule has 12 heavy (non-hydrogen) atoms. The first kappa shape index (κ1) is 10.1. The highest BCUT2D eigenvalue weighted by Gasteiger charge is 2.40. The Balaban J connectivity index is 2.19. The van der Waals surface area contributed by atoms with Gasteiger partial charge >= 0.3 is 0 Å². The third-order valence-electron chi connectivity index (χ3n) is 3.43. The first-order valence-electron chi connectivity index (χ1n) is 5.83. The van der Waals surface area contributed by atoms with Crippen LogP contribution in [0.4, 0.5) is 0 Å². The summed E-state index contributed by atoms with van der Waals surface area (Å²) in [7, 11) is 0. The van der Waals surface area contributed by atoms with Crippen LogP contribution in [0.3, 0.4) is 0 Å². The van der Waals surface area contributed by atoms with Crippen LogP contribution < -0.4 is 0 Å². The van der Waals surface area contributed by atoms with Crippen LogP contribution in [0.2, 0.25) is 0 Å². The molecule has 0 aromatic rings. The van der Waals surface area contributed by atoms with Crippen LogP contribution in [0.25, 0.3) is 0 Å². The van der Waals surface area contributed by atoms with Crippen molar-refractivity contribution in [3.63, 3.8) is 0 Å². The molecule has 0 saturated heterocycles. The molecule has 0 aromatic carbocycles. The lowest BCUT2D eigenvalue weighted by Crippen LogP contribution is -2.02. The third kappa shape index (κ3) is 2.50. The summed E-state index contributed by atoms with van der Waals surface area (Å²) in [6.07, 6.45) is 8.70. The first-order chi connectivity index (χ1) is 5.83. The molecule has 0 bridgehead atoms. The van der Waals surface area contributed by atoms with Crippen molar-refractivity contribution < 1.29 is 0 Å². The van der Waals surface area contributed by atoms with E-state index in [1.165, 1.54) is 32.1 Å². The lowest BCUT2D eigenvalue weighted by atomic mass is 9.93. The third-order valence-corrected chi connectivity index (χ3v) is 3.43. The second-order valence-corrected chi connectivity index (χ2v) is 4.41. The van der Waals surface area contributed by atoms with Crippen molar-refractivity contribution in [3.8, 4) is 0 Å². The van der Waals surface area contributed by atoms with Gasteiger partial charge in [-0.1, -0.05) is 52.9 Å². The van der Waals surface area contributed by atoms with Gasteiger partial charge in [-0.2, -0.15) is 0 Å². The molecule has 1 rings (SSSR count). The molecule has 0 nitrogen and oxygen atoms in total.